The molecule has 1 aromatic carbocycles. The van der Waals surface area contributed by atoms with E-state index in [9.17, 15) is 14.3 Å². The number of carbonyl (C=O) groups excluding carboxylic acids is 1. The van der Waals surface area contributed by atoms with Gasteiger partial charge >= 0.3 is 0 Å². The number of nitrogens with one attached hydrogen (secondary N) is 1. The first-order valence-electron chi connectivity index (χ1n) is 6.89. The molecule has 0 saturated carbocycles. The molecule has 0 spiro atoms. The molecule has 116 valence electrons. The smallest absolute Gasteiger partial charge is 0.251 e. The molecule has 4 nitrogen and oxygen atoms in total. The minimum Gasteiger partial charge on any atom is -0.484 e. The Labute approximate surface area is 131 Å². The zero-order chi connectivity index (χ0) is 15.9. The van der Waals surface area contributed by atoms with Crippen LogP contribution in [0.4, 0.5) is 4.39 Å². The van der Waals surface area contributed by atoms with Gasteiger partial charge < -0.3 is 15.2 Å². The number of aliphatic hydroxyl groups is 1. The van der Waals surface area contributed by atoms with Gasteiger partial charge in [0.2, 0.25) is 0 Å². The van der Waals surface area contributed by atoms with E-state index in [0.717, 1.165) is 4.88 Å². The Bertz CT molecular complexity index is 696. The SMILES string of the molecule is CC1(C)Oc2ccsc2C(NC(=O)c2ccc(F)cc2)C1O. The Balaban J connectivity index is 1.88. The molecule has 1 amide bonds. The van der Waals surface area contributed by atoms with Crippen LogP contribution < -0.4 is 10.1 Å². The molecule has 1 aliphatic heterocycles. The van der Waals surface area contributed by atoms with Gasteiger partial charge in [0.1, 0.15) is 23.3 Å². The highest BCUT2D eigenvalue weighted by Gasteiger charge is 2.44. The number of fused-ring (bicyclic) bond motifs is 1. The minimum atomic E-state index is -0.886. The summed E-state index contributed by atoms with van der Waals surface area (Å²) in [5, 5.41) is 15.2. The predicted octanol–water partition coefficient (Wildman–Crippen LogP) is 2.89. The number of carbonyl (C=O) groups is 1. The molecule has 0 aliphatic carbocycles. The number of hydrogen-bond donors (Lipinski definition) is 2. The van der Waals surface area contributed by atoms with Crippen molar-refractivity contribution in [2.24, 2.45) is 0 Å². The monoisotopic (exact) mass is 321 g/mol. The number of halogens is 1. The zero-order valence-electron chi connectivity index (χ0n) is 12.2. The molecule has 2 heterocycles. The van der Waals surface area contributed by atoms with Gasteiger partial charge in [0, 0.05) is 5.56 Å². The topological polar surface area (TPSA) is 58.6 Å². The van der Waals surface area contributed by atoms with Crippen LogP contribution in [0.3, 0.4) is 0 Å². The molecule has 1 aromatic heterocycles. The van der Waals surface area contributed by atoms with Crippen molar-refractivity contribution in [2.45, 2.75) is 31.6 Å². The summed E-state index contributed by atoms with van der Waals surface area (Å²) in [7, 11) is 0. The van der Waals surface area contributed by atoms with Gasteiger partial charge in [0.05, 0.1) is 10.9 Å². The van der Waals surface area contributed by atoms with Crippen molar-refractivity contribution in [3.8, 4) is 5.75 Å². The van der Waals surface area contributed by atoms with Crippen molar-refractivity contribution in [1.82, 2.24) is 5.32 Å². The fourth-order valence-corrected chi connectivity index (χ4v) is 3.38. The first kappa shape index (κ1) is 15.0. The normalized spacial score (nSPS) is 22.5. The quantitative estimate of drug-likeness (QED) is 0.894. The van der Waals surface area contributed by atoms with Gasteiger partial charge in [-0.2, -0.15) is 0 Å². The zero-order valence-corrected chi connectivity index (χ0v) is 13.0. The van der Waals surface area contributed by atoms with Gasteiger partial charge in [-0.15, -0.1) is 11.3 Å². The Morgan fingerprint density at radius 2 is 2.00 bits per heavy atom. The Morgan fingerprint density at radius 1 is 1.32 bits per heavy atom. The lowest BCUT2D eigenvalue weighted by Crippen LogP contribution is -2.53. The van der Waals surface area contributed by atoms with E-state index < -0.39 is 23.6 Å². The molecular formula is C16H16FNO3S. The molecule has 0 saturated heterocycles. The third kappa shape index (κ3) is 2.60. The number of aliphatic hydroxyl groups excluding tert-OH is 1. The molecule has 22 heavy (non-hydrogen) atoms. The van der Waals surface area contributed by atoms with Gasteiger partial charge in [0.15, 0.2) is 0 Å². The first-order valence-corrected chi connectivity index (χ1v) is 7.77. The van der Waals surface area contributed by atoms with Crippen molar-refractivity contribution >= 4 is 17.2 Å². The van der Waals surface area contributed by atoms with Crippen LogP contribution in [0.5, 0.6) is 5.75 Å². The Morgan fingerprint density at radius 3 is 2.68 bits per heavy atom. The second-order valence-electron chi connectivity index (χ2n) is 5.76. The summed E-state index contributed by atoms with van der Waals surface area (Å²) in [6.07, 6.45) is -0.886. The predicted molar refractivity (Wildman–Crippen MR) is 81.6 cm³/mol. The molecule has 1 aliphatic rings. The van der Waals surface area contributed by atoms with Crippen molar-refractivity contribution in [1.29, 1.82) is 0 Å². The average Bonchev–Trinajstić information content (AvgIpc) is 2.91. The summed E-state index contributed by atoms with van der Waals surface area (Å²) in [5.74, 6) is -0.0878. The molecule has 3 rings (SSSR count). The van der Waals surface area contributed by atoms with Crippen LogP contribution in [-0.2, 0) is 0 Å². The number of rotatable bonds is 2. The van der Waals surface area contributed by atoms with Crippen LogP contribution in [-0.4, -0.2) is 22.7 Å². The average molecular weight is 321 g/mol. The Kier molecular flexibility index (Phi) is 3.66. The van der Waals surface area contributed by atoms with Crippen LogP contribution in [0.25, 0.3) is 0 Å². The van der Waals surface area contributed by atoms with Crippen molar-refractivity contribution in [3.63, 3.8) is 0 Å². The summed E-state index contributed by atoms with van der Waals surface area (Å²) in [6, 6.07) is 6.56. The van der Waals surface area contributed by atoms with E-state index in [1.54, 1.807) is 13.8 Å². The molecule has 2 atom stereocenters. The molecule has 0 bridgehead atoms. The van der Waals surface area contributed by atoms with Gasteiger partial charge in [-0.1, -0.05) is 0 Å². The summed E-state index contributed by atoms with van der Waals surface area (Å²) in [4.78, 5) is 13.1. The van der Waals surface area contributed by atoms with Crippen LogP contribution in [0.15, 0.2) is 35.7 Å². The van der Waals surface area contributed by atoms with E-state index in [4.69, 9.17) is 4.74 Å². The number of thiophene rings is 1. The van der Waals surface area contributed by atoms with Gasteiger partial charge in [0.25, 0.3) is 5.91 Å². The Hall–Kier alpha value is -1.92. The molecule has 0 fully saturated rings. The molecular weight excluding hydrogens is 305 g/mol. The lowest BCUT2D eigenvalue weighted by Gasteiger charge is -2.40. The number of amides is 1. The van der Waals surface area contributed by atoms with E-state index in [2.05, 4.69) is 5.32 Å². The summed E-state index contributed by atoms with van der Waals surface area (Å²) in [6.45, 7) is 3.55. The van der Waals surface area contributed by atoms with E-state index in [-0.39, 0.29) is 5.91 Å². The summed E-state index contributed by atoms with van der Waals surface area (Å²) >= 11 is 1.42. The van der Waals surface area contributed by atoms with Crippen LogP contribution in [0.2, 0.25) is 0 Å². The summed E-state index contributed by atoms with van der Waals surface area (Å²) < 4.78 is 18.7. The van der Waals surface area contributed by atoms with Crippen molar-refractivity contribution < 1.29 is 19.0 Å². The van der Waals surface area contributed by atoms with Crippen molar-refractivity contribution in [3.05, 3.63) is 52.0 Å². The lowest BCUT2D eigenvalue weighted by atomic mass is 9.90. The largest absolute Gasteiger partial charge is 0.484 e. The second-order valence-corrected chi connectivity index (χ2v) is 6.71. The fraction of sp³-hybridized carbons (Fsp3) is 0.312. The third-order valence-corrected chi connectivity index (χ3v) is 4.71. The third-order valence-electron chi connectivity index (χ3n) is 3.73. The van der Waals surface area contributed by atoms with Gasteiger partial charge in [-0.25, -0.2) is 4.39 Å². The van der Waals surface area contributed by atoms with E-state index >= 15 is 0 Å². The molecule has 0 radical (unpaired) electrons. The first-order chi connectivity index (χ1) is 10.4. The van der Waals surface area contributed by atoms with E-state index in [1.807, 2.05) is 11.4 Å². The molecule has 2 N–H and O–H groups in total. The molecule has 2 aromatic rings. The van der Waals surface area contributed by atoms with Crippen LogP contribution in [0.1, 0.15) is 35.1 Å². The molecule has 2 unspecified atom stereocenters. The van der Waals surface area contributed by atoms with E-state index in [0.29, 0.717) is 11.3 Å². The number of hydrogen-bond acceptors (Lipinski definition) is 4. The highest BCUT2D eigenvalue weighted by atomic mass is 32.1. The van der Waals surface area contributed by atoms with E-state index in [1.165, 1.54) is 35.6 Å². The highest BCUT2D eigenvalue weighted by molar-refractivity contribution is 7.10. The maximum Gasteiger partial charge on any atom is 0.251 e. The fourth-order valence-electron chi connectivity index (χ4n) is 2.48. The number of benzene rings is 1. The highest BCUT2D eigenvalue weighted by Crippen LogP contribution is 2.42. The standard InChI is InChI=1S/C16H16FNO3S/c1-16(2)14(19)12(13-11(21-16)7-8-22-13)18-15(20)9-3-5-10(17)6-4-9/h3-8,12,14,19H,1-2H3,(H,18,20). The van der Waals surface area contributed by atoms with Crippen molar-refractivity contribution in [2.75, 3.05) is 0 Å². The van der Waals surface area contributed by atoms with Gasteiger partial charge in [-0.05, 0) is 49.6 Å². The minimum absolute atomic E-state index is 0.344. The second kappa shape index (κ2) is 5.37. The van der Waals surface area contributed by atoms with Gasteiger partial charge in [-0.3, -0.25) is 4.79 Å². The summed E-state index contributed by atoms with van der Waals surface area (Å²) in [5.41, 5.74) is -0.467. The lowest BCUT2D eigenvalue weighted by molar-refractivity contribution is -0.0611. The molecule has 6 heteroatoms. The van der Waals surface area contributed by atoms with Crippen LogP contribution in [0, 0.1) is 5.82 Å². The maximum atomic E-state index is 12.9. The maximum absolute atomic E-state index is 12.9. The van der Waals surface area contributed by atoms with Crippen LogP contribution >= 0.6 is 11.3 Å². The number of ether oxygens (including phenoxy) is 1.